The van der Waals surface area contributed by atoms with Gasteiger partial charge in [-0.15, -0.1) is 0 Å². The van der Waals surface area contributed by atoms with Crippen LogP contribution in [0.25, 0.3) is 0 Å². The number of anilines is 1. The standard InChI is InChI=1S/C11H17NOS/c1-3-14-8-7-13-11-6-4-5-10(12)9(11)2/h4-6H,3,7-8,12H2,1-2H3. The van der Waals surface area contributed by atoms with Crippen molar-refractivity contribution in [3.05, 3.63) is 23.8 Å². The molecule has 1 rings (SSSR count). The Morgan fingerprint density at radius 2 is 2.21 bits per heavy atom. The van der Waals surface area contributed by atoms with Gasteiger partial charge in [0.1, 0.15) is 5.75 Å². The van der Waals surface area contributed by atoms with Gasteiger partial charge in [-0.2, -0.15) is 11.8 Å². The Morgan fingerprint density at radius 3 is 2.93 bits per heavy atom. The lowest BCUT2D eigenvalue weighted by Gasteiger charge is -2.09. The van der Waals surface area contributed by atoms with Crippen LogP contribution >= 0.6 is 11.8 Å². The van der Waals surface area contributed by atoms with Crippen LogP contribution in [0.4, 0.5) is 5.69 Å². The highest BCUT2D eigenvalue weighted by Crippen LogP contribution is 2.22. The Morgan fingerprint density at radius 1 is 1.43 bits per heavy atom. The maximum atomic E-state index is 5.77. The molecule has 0 bridgehead atoms. The predicted molar refractivity (Wildman–Crippen MR) is 64.1 cm³/mol. The second-order valence-corrected chi connectivity index (χ2v) is 4.41. The van der Waals surface area contributed by atoms with Crippen molar-refractivity contribution < 1.29 is 4.74 Å². The molecule has 78 valence electrons. The Bertz CT molecular complexity index is 289. The molecule has 0 spiro atoms. The molecule has 0 radical (unpaired) electrons. The molecule has 0 saturated carbocycles. The van der Waals surface area contributed by atoms with E-state index in [0.717, 1.165) is 35.1 Å². The first-order chi connectivity index (χ1) is 6.75. The van der Waals surface area contributed by atoms with Crippen molar-refractivity contribution in [1.82, 2.24) is 0 Å². The Hall–Kier alpha value is -0.830. The van der Waals surface area contributed by atoms with Crippen LogP contribution in [-0.4, -0.2) is 18.1 Å². The molecule has 1 aromatic rings. The summed E-state index contributed by atoms with van der Waals surface area (Å²) in [6.07, 6.45) is 0. The zero-order valence-corrected chi connectivity index (χ0v) is 9.56. The first-order valence-electron chi connectivity index (χ1n) is 4.81. The van der Waals surface area contributed by atoms with Crippen LogP contribution in [0.15, 0.2) is 18.2 Å². The van der Waals surface area contributed by atoms with E-state index in [1.807, 2.05) is 36.9 Å². The number of ether oxygens (including phenoxy) is 1. The summed E-state index contributed by atoms with van der Waals surface area (Å²) in [4.78, 5) is 0. The minimum Gasteiger partial charge on any atom is -0.492 e. The lowest BCUT2D eigenvalue weighted by atomic mass is 10.2. The van der Waals surface area contributed by atoms with Crippen molar-refractivity contribution in [1.29, 1.82) is 0 Å². The van der Waals surface area contributed by atoms with Crippen LogP contribution in [0, 0.1) is 6.92 Å². The molecule has 0 aliphatic carbocycles. The highest BCUT2D eigenvalue weighted by molar-refractivity contribution is 7.99. The third-order valence-electron chi connectivity index (χ3n) is 2.02. The van der Waals surface area contributed by atoms with E-state index in [0.29, 0.717) is 0 Å². The molecule has 3 heteroatoms. The lowest BCUT2D eigenvalue weighted by Crippen LogP contribution is -2.02. The summed E-state index contributed by atoms with van der Waals surface area (Å²) < 4.78 is 5.62. The molecule has 0 heterocycles. The van der Waals surface area contributed by atoms with E-state index >= 15 is 0 Å². The largest absolute Gasteiger partial charge is 0.492 e. The molecule has 2 nitrogen and oxygen atoms in total. The van der Waals surface area contributed by atoms with Crippen molar-refractivity contribution >= 4 is 17.4 Å². The molecular weight excluding hydrogens is 194 g/mol. The predicted octanol–water partition coefficient (Wildman–Crippen LogP) is 2.71. The fourth-order valence-corrected chi connectivity index (χ4v) is 1.63. The van der Waals surface area contributed by atoms with Gasteiger partial charge in [0, 0.05) is 17.0 Å². The SMILES string of the molecule is CCSCCOc1cccc(N)c1C. The fourth-order valence-electron chi connectivity index (χ4n) is 1.14. The molecule has 0 aliphatic heterocycles. The topological polar surface area (TPSA) is 35.2 Å². The second-order valence-electron chi connectivity index (χ2n) is 3.02. The van der Waals surface area contributed by atoms with Gasteiger partial charge in [-0.05, 0) is 24.8 Å². The number of hydrogen-bond donors (Lipinski definition) is 1. The summed E-state index contributed by atoms with van der Waals surface area (Å²) in [5, 5.41) is 0. The van der Waals surface area contributed by atoms with E-state index in [1.54, 1.807) is 0 Å². The molecular formula is C11H17NOS. The number of thioether (sulfide) groups is 1. The third kappa shape index (κ3) is 3.14. The lowest BCUT2D eigenvalue weighted by molar-refractivity contribution is 0.342. The monoisotopic (exact) mass is 211 g/mol. The van der Waals surface area contributed by atoms with Crippen LogP contribution in [-0.2, 0) is 0 Å². The molecule has 0 aliphatic rings. The van der Waals surface area contributed by atoms with Crippen molar-refractivity contribution in [2.45, 2.75) is 13.8 Å². The van der Waals surface area contributed by atoms with Gasteiger partial charge in [-0.1, -0.05) is 13.0 Å². The number of hydrogen-bond acceptors (Lipinski definition) is 3. The van der Waals surface area contributed by atoms with Gasteiger partial charge in [0.2, 0.25) is 0 Å². The van der Waals surface area contributed by atoms with Crippen molar-refractivity contribution in [2.24, 2.45) is 0 Å². The summed E-state index contributed by atoms with van der Waals surface area (Å²) in [6, 6.07) is 5.77. The van der Waals surface area contributed by atoms with Gasteiger partial charge in [0.25, 0.3) is 0 Å². The molecule has 0 fully saturated rings. The maximum Gasteiger partial charge on any atom is 0.124 e. The smallest absolute Gasteiger partial charge is 0.124 e. The number of nitrogens with two attached hydrogens (primary N) is 1. The van der Waals surface area contributed by atoms with Gasteiger partial charge >= 0.3 is 0 Å². The minimum atomic E-state index is 0.753. The molecule has 0 saturated heterocycles. The Kier molecular flexibility index (Phi) is 4.66. The van der Waals surface area contributed by atoms with E-state index in [4.69, 9.17) is 10.5 Å². The summed E-state index contributed by atoms with van der Waals surface area (Å²) in [6.45, 7) is 4.89. The van der Waals surface area contributed by atoms with E-state index in [-0.39, 0.29) is 0 Å². The molecule has 0 aromatic heterocycles. The maximum absolute atomic E-state index is 5.77. The van der Waals surface area contributed by atoms with Gasteiger partial charge in [0.15, 0.2) is 0 Å². The summed E-state index contributed by atoms with van der Waals surface area (Å²) in [7, 11) is 0. The van der Waals surface area contributed by atoms with Crippen molar-refractivity contribution in [3.63, 3.8) is 0 Å². The average molecular weight is 211 g/mol. The number of nitrogen functional groups attached to an aromatic ring is 1. The Balaban J connectivity index is 2.46. The van der Waals surface area contributed by atoms with Gasteiger partial charge < -0.3 is 10.5 Å². The van der Waals surface area contributed by atoms with Gasteiger partial charge in [0.05, 0.1) is 6.61 Å². The Labute approximate surface area is 89.8 Å². The minimum absolute atomic E-state index is 0.753. The second kappa shape index (κ2) is 5.81. The van der Waals surface area contributed by atoms with Gasteiger partial charge in [-0.3, -0.25) is 0 Å². The van der Waals surface area contributed by atoms with Crippen LogP contribution in [0.2, 0.25) is 0 Å². The quantitative estimate of drug-likeness (QED) is 0.601. The van der Waals surface area contributed by atoms with Crippen LogP contribution in [0.3, 0.4) is 0 Å². The van der Waals surface area contributed by atoms with Crippen LogP contribution in [0.1, 0.15) is 12.5 Å². The van der Waals surface area contributed by atoms with Crippen molar-refractivity contribution in [3.8, 4) is 5.75 Å². The average Bonchev–Trinajstić information content (AvgIpc) is 2.19. The van der Waals surface area contributed by atoms with Crippen molar-refractivity contribution in [2.75, 3.05) is 23.8 Å². The molecule has 1 aromatic carbocycles. The summed E-state index contributed by atoms with van der Waals surface area (Å²) in [5.41, 5.74) is 7.60. The highest BCUT2D eigenvalue weighted by Gasteiger charge is 2.01. The van der Waals surface area contributed by atoms with Gasteiger partial charge in [-0.25, -0.2) is 0 Å². The van der Waals surface area contributed by atoms with E-state index in [2.05, 4.69) is 6.92 Å². The van der Waals surface area contributed by atoms with Crippen LogP contribution < -0.4 is 10.5 Å². The first kappa shape index (κ1) is 11.2. The fraction of sp³-hybridized carbons (Fsp3) is 0.455. The third-order valence-corrected chi connectivity index (χ3v) is 2.88. The molecule has 0 atom stereocenters. The number of rotatable bonds is 5. The zero-order chi connectivity index (χ0) is 10.4. The summed E-state index contributed by atoms with van der Waals surface area (Å²) in [5.74, 6) is 3.07. The summed E-state index contributed by atoms with van der Waals surface area (Å²) >= 11 is 1.88. The molecule has 2 N–H and O–H groups in total. The molecule has 0 unspecified atom stereocenters. The highest BCUT2D eigenvalue weighted by atomic mass is 32.2. The van der Waals surface area contributed by atoms with E-state index in [9.17, 15) is 0 Å². The number of benzene rings is 1. The van der Waals surface area contributed by atoms with E-state index < -0.39 is 0 Å². The van der Waals surface area contributed by atoms with E-state index in [1.165, 1.54) is 0 Å². The first-order valence-corrected chi connectivity index (χ1v) is 5.96. The molecule has 14 heavy (non-hydrogen) atoms. The zero-order valence-electron chi connectivity index (χ0n) is 8.75. The van der Waals surface area contributed by atoms with Crippen LogP contribution in [0.5, 0.6) is 5.75 Å². The normalized spacial score (nSPS) is 10.1. The molecule has 0 amide bonds.